The Hall–Kier alpha value is -1.87. The Bertz CT molecular complexity index is 540. The van der Waals surface area contributed by atoms with E-state index in [4.69, 9.17) is 22.1 Å². The second-order valence-corrected chi connectivity index (χ2v) is 4.63. The van der Waals surface area contributed by atoms with Crippen molar-refractivity contribution in [3.8, 4) is 5.75 Å². The lowest BCUT2D eigenvalue weighted by Crippen LogP contribution is -2.07. The van der Waals surface area contributed by atoms with Crippen LogP contribution in [0.4, 0.5) is 11.4 Å². The van der Waals surface area contributed by atoms with Crippen LogP contribution >= 0.6 is 11.6 Å². The second kappa shape index (κ2) is 6.34. The summed E-state index contributed by atoms with van der Waals surface area (Å²) in [4.78, 5) is 0. The topological polar surface area (TPSA) is 47.3 Å². The molecule has 0 radical (unpaired) electrons. The molecule has 3 N–H and O–H groups in total. The highest BCUT2D eigenvalue weighted by Gasteiger charge is 2.02. The van der Waals surface area contributed by atoms with E-state index in [0.717, 1.165) is 24.4 Å². The number of ether oxygens (including phenoxy) is 1. The highest BCUT2D eigenvalue weighted by molar-refractivity contribution is 6.33. The van der Waals surface area contributed by atoms with E-state index in [2.05, 4.69) is 17.4 Å². The monoisotopic (exact) mass is 276 g/mol. The third kappa shape index (κ3) is 3.55. The summed E-state index contributed by atoms with van der Waals surface area (Å²) in [6, 6.07) is 13.6. The van der Waals surface area contributed by atoms with Gasteiger partial charge >= 0.3 is 0 Å². The predicted molar refractivity (Wildman–Crippen MR) is 81.1 cm³/mol. The van der Waals surface area contributed by atoms with Crippen LogP contribution in [0.2, 0.25) is 5.02 Å². The Balaban J connectivity index is 1.90. The fraction of sp³-hybridized carbons (Fsp3) is 0.200. The predicted octanol–water partition coefficient (Wildman–Crippen LogP) is 3.59. The molecule has 0 saturated heterocycles. The first kappa shape index (κ1) is 13.6. The minimum absolute atomic E-state index is 0.578. The van der Waals surface area contributed by atoms with Gasteiger partial charge in [-0.05, 0) is 36.2 Å². The summed E-state index contributed by atoms with van der Waals surface area (Å²) in [7, 11) is 1.67. The number of hydrogen-bond donors (Lipinski definition) is 2. The Kier molecular flexibility index (Phi) is 4.53. The van der Waals surface area contributed by atoms with Crippen LogP contribution in [0.3, 0.4) is 0 Å². The summed E-state index contributed by atoms with van der Waals surface area (Å²) in [6.45, 7) is 0.802. The molecule has 100 valence electrons. The van der Waals surface area contributed by atoms with Crippen molar-refractivity contribution in [2.24, 2.45) is 0 Å². The molecule has 2 rings (SSSR count). The normalized spacial score (nSPS) is 10.2. The molecule has 0 amide bonds. The van der Waals surface area contributed by atoms with Crippen molar-refractivity contribution in [1.29, 1.82) is 0 Å². The molecule has 0 aliphatic carbocycles. The van der Waals surface area contributed by atoms with Crippen LogP contribution in [-0.4, -0.2) is 13.7 Å². The number of rotatable bonds is 5. The molecule has 0 aliphatic rings. The molecule has 2 aromatic carbocycles. The van der Waals surface area contributed by atoms with Crippen LogP contribution in [0, 0.1) is 0 Å². The summed E-state index contributed by atoms with van der Waals surface area (Å²) >= 11 is 5.96. The van der Waals surface area contributed by atoms with Gasteiger partial charge in [0.15, 0.2) is 0 Å². The van der Waals surface area contributed by atoms with Crippen LogP contribution < -0.4 is 15.8 Å². The first-order valence-electron chi connectivity index (χ1n) is 6.11. The van der Waals surface area contributed by atoms with Crippen molar-refractivity contribution in [3.05, 3.63) is 53.1 Å². The molecule has 0 fully saturated rings. The summed E-state index contributed by atoms with van der Waals surface area (Å²) in [5.41, 5.74) is 8.61. The number of para-hydroxylation sites is 1. The summed E-state index contributed by atoms with van der Waals surface area (Å²) in [5, 5.41) is 3.87. The van der Waals surface area contributed by atoms with Crippen LogP contribution in [-0.2, 0) is 6.42 Å². The molecule has 0 heterocycles. The number of halogens is 1. The maximum atomic E-state index is 5.96. The average molecular weight is 277 g/mol. The van der Waals surface area contributed by atoms with Gasteiger partial charge in [0.2, 0.25) is 0 Å². The second-order valence-electron chi connectivity index (χ2n) is 4.23. The number of nitrogens with one attached hydrogen (secondary N) is 1. The fourth-order valence-electron chi connectivity index (χ4n) is 1.82. The number of anilines is 2. The van der Waals surface area contributed by atoms with E-state index < -0.39 is 0 Å². The molecule has 0 atom stereocenters. The van der Waals surface area contributed by atoms with Gasteiger partial charge in [-0.2, -0.15) is 0 Å². The minimum atomic E-state index is 0.578. The zero-order valence-electron chi connectivity index (χ0n) is 10.8. The highest BCUT2D eigenvalue weighted by atomic mass is 35.5. The van der Waals surface area contributed by atoms with E-state index in [0.29, 0.717) is 10.7 Å². The lowest BCUT2D eigenvalue weighted by Gasteiger charge is -2.10. The van der Waals surface area contributed by atoms with Gasteiger partial charge in [-0.25, -0.2) is 0 Å². The standard InChI is InChI=1S/C15H17ClN2O/c1-19-12-7-5-11(6-8-12)9-10-18-14-4-2-3-13(16)15(14)17/h2-8,18H,9-10,17H2,1H3. The number of nitrogen functional groups attached to an aromatic ring is 1. The molecule has 4 heteroatoms. The van der Waals surface area contributed by atoms with E-state index >= 15 is 0 Å². The molecule has 0 aromatic heterocycles. The molecular weight excluding hydrogens is 260 g/mol. The summed E-state index contributed by atoms with van der Waals surface area (Å²) in [6.07, 6.45) is 0.913. The Labute approximate surface area is 118 Å². The van der Waals surface area contributed by atoms with Crippen molar-refractivity contribution < 1.29 is 4.74 Å². The van der Waals surface area contributed by atoms with Crippen LogP contribution in [0.5, 0.6) is 5.75 Å². The number of hydrogen-bond acceptors (Lipinski definition) is 3. The lowest BCUT2D eigenvalue weighted by molar-refractivity contribution is 0.414. The van der Waals surface area contributed by atoms with Gasteiger partial charge in [0, 0.05) is 6.54 Å². The van der Waals surface area contributed by atoms with Crippen molar-refractivity contribution in [3.63, 3.8) is 0 Å². The van der Waals surface area contributed by atoms with E-state index in [1.807, 2.05) is 24.3 Å². The molecule has 2 aromatic rings. The molecule has 0 aliphatic heterocycles. The third-order valence-electron chi connectivity index (χ3n) is 2.94. The Morgan fingerprint density at radius 2 is 1.89 bits per heavy atom. The van der Waals surface area contributed by atoms with E-state index in [-0.39, 0.29) is 0 Å². The van der Waals surface area contributed by atoms with Gasteiger partial charge in [-0.3, -0.25) is 0 Å². The van der Waals surface area contributed by atoms with Crippen LogP contribution in [0.15, 0.2) is 42.5 Å². The number of benzene rings is 2. The average Bonchev–Trinajstić information content (AvgIpc) is 2.44. The quantitative estimate of drug-likeness (QED) is 0.821. The summed E-state index contributed by atoms with van der Waals surface area (Å²) in [5.74, 6) is 0.871. The van der Waals surface area contributed by atoms with Gasteiger partial charge in [0.05, 0.1) is 23.5 Å². The third-order valence-corrected chi connectivity index (χ3v) is 3.27. The van der Waals surface area contributed by atoms with Gasteiger partial charge in [0.1, 0.15) is 5.75 Å². The fourth-order valence-corrected chi connectivity index (χ4v) is 2.00. The molecular formula is C15H17ClN2O. The highest BCUT2D eigenvalue weighted by Crippen LogP contribution is 2.26. The zero-order valence-corrected chi connectivity index (χ0v) is 11.6. The van der Waals surface area contributed by atoms with Crippen LogP contribution in [0.1, 0.15) is 5.56 Å². The maximum Gasteiger partial charge on any atom is 0.118 e. The molecule has 0 bridgehead atoms. The number of methoxy groups -OCH3 is 1. The van der Waals surface area contributed by atoms with E-state index in [9.17, 15) is 0 Å². The van der Waals surface area contributed by atoms with Crippen molar-refractivity contribution >= 4 is 23.0 Å². The smallest absolute Gasteiger partial charge is 0.118 e. The Morgan fingerprint density at radius 1 is 1.16 bits per heavy atom. The van der Waals surface area contributed by atoms with Gasteiger partial charge in [-0.1, -0.05) is 29.8 Å². The van der Waals surface area contributed by atoms with Crippen molar-refractivity contribution in [2.75, 3.05) is 24.7 Å². The number of nitrogens with two attached hydrogens (primary N) is 1. The largest absolute Gasteiger partial charge is 0.497 e. The molecule has 3 nitrogen and oxygen atoms in total. The van der Waals surface area contributed by atoms with Crippen molar-refractivity contribution in [1.82, 2.24) is 0 Å². The van der Waals surface area contributed by atoms with Crippen molar-refractivity contribution in [2.45, 2.75) is 6.42 Å². The molecule has 0 saturated carbocycles. The van der Waals surface area contributed by atoms with E-state index in [1.165, 1.54) is 5.56 Å². The molecule has 19 heavy (non-hydrogen) atoms. The lowest BCUT2D eigenvalue weighted by atomic mass is 10.1. The first-order valence-corrected chi connectivity index (χ1v) is 6.49. The minimum Gasteiger partial charge on any atom is -0.497 e. The zero-order chi connectivity index (χ0) is 13.7. The van der Waals surface area contributed by atoms with Crippen LogP contribution in [0.25, 0.3) is 0 Å². The Morgan fingerprint density at radius 3 is 2.58 bits per heavy atom. The molecule has 0 unspecified atom stereocenters. The maximum absolute atomic E-state index is 5.96. The van der Waals surface area contributed by atoms with Gasteiger partial charge < -0.3 is 15.8 Å². The summed E-state index contributed by atoms with van der Waals surface area (Å²) < 4.78 is 5.13. The first-order chi connectivity index (χ1) is 9.20. The van der Waals surface area contributed by atoms with Gasteiger partial charge in [0.25, 0.3) is 0 Å². The van der Waals surface area contributed by atoms with Gasteiger partial charge in [-0.15, -0.1) is 0 Å². The van der Waals surface area contributed by atoms with E-state index in [1.54, 1.807) is 13.2 Å². The SMILES string of the molecule is COc1ccc(CCNc2cccc(Cl)c2N)cc1. The molecule has 0 spiro atoms.